The Kier molecular flexibility index (Phi) is 4.31. The zero-order valence-electron chi connectivity index (χ0n) is 10.3. The van der Waals surface area contributed by atoms with E-state index in [-0.39, 0.29) is 12.4 Å². The Morgan fingerprint density at radius 1 is 1.00 bits per heavy atom. The van der Waals surface area contributed by atoms with Gasteiger partial charge in [0.15, 0.2) is 0 Å². The number of aromatic nitrogens is 3. The fraction of sp³-hybridized carbons (Fsp3) is 0.0667. The lowest BCUT2D eigenvalue weighted by molar-refractivity contribution is 0.998. The van der Waals surface area contributed by atoms with Crippen LogP contribution in [-0.2, 0) is 6.42 Å². The van der Waals surface area contributed by atoms with Crippen LogP contribution in [0.1, 0.15) is 11.3 Å². The first kappa shape index (κ1) is 13.3. The number of benzene rings is 1. The van der Waals surface area contributed by atoms with Gasteiger partial charge in [0.25, 0.3) is 0 Å². The van der Waals surface area contributed by atoms with Crippen LogP contribution in [0.4, 0.5) is 0 Å². The van der Waals surface area contributed by atoms with Crippen LogP contribution in [0, 0.1) is 0 Å². The zero-order chi connectivity index (χ0) is 12.2. The highest BCUT2D eigenvalue weighted by Crippen LogP contribution is 2.17. The van der Waals surface area contributed by atoms with E-state index >= 15 is 0 Å². The summed E-state index contributed by atoms with van der Waals surface area (Å²) in [7, 11) is 0. The van der Waals surface area contributed by atoms with Gasteiger partial charge in [-0.05, 0) is 23.8 Å². The Labute approximate surface area is 118 Å². The molecule has 0 bridgehead atoms. The second-order valence-corrected chi connectivity index (χ2v) is 4.18. The van der Waals surface area contributed by atoms with Gasteiger partial charge in [-0.25, -0.2) is 0 Å². The monoisotopic (exact) mass is 271 g/mol. The van der Waals surface area contributed by atoms with Gasteiger partial charge < -0.3 is 0 Å². The molecule has 0 unspecified atom stereocenters. The Balaban J connectivity index is 0.00000133. The number of hydrogen-bond acceptors (Lipinski definition) is 2. The summed E-state index contributed by atoms with van der Waals surface area (Å²) in [6.45, 7) is 0. The Bertz CT molecular complexity index is 620. The molecule has 3 rings (SSSR count). The van der Waals surface area contributed by atoms with Crippen LogP contribution >= 0.6 is 12.4 Å². The maximum Gasteiger partial charge on any atom is 0.0939 e. The number of pyridine rings is 1. The van der Waals surface area contributed by atoms with E-state index in [0.717, 1.165) is 23.4 Å². The van der Waals surface area contributed by atoms with Crippen LogP contribution in [0.15, 0.2) is 60.9 Å². The molecule has 0 fully saturated rings. The highest BCUT2D eigenvalue weighted by atomic mass is 35.5. The topological polar surface area (TPSA) is 41.6 Å². The molecule has 0 atom stereocenters. The van der Waals surface area contributed by atoms with E-state index in [1.54, 1.807) is 6.20 Å². The number of aromatic amines is 1. The summed E-state index contributed by atoms with van der Waals surface area (Å²) in [5.41, 5.74) is 4.36. The average molecular weight is 272 g/mol. The summed E-state index contributed by atoms with van der Waals surface area (Å²) in [6, 6.07) is 16.4. The summed E-state index contributed by atoms with van der Waals surface area (Å²) in [4.78, 5) is 4.10. The van der Waals surface area contributed by atoms with Crippen molar-refractivity contribution in [3.05, 3.63) is 72.2 Å². The number of H-pyrrole nitrogens is 1. The third kappa shape index (κ3) is 3.20. The van der Waals surface area contributed by atoms with E-state index in [9.17, 15) is 0 Å². The molecule has 0 saturated heterocycles. The Morgan fingerprint density at radius 2 is 1.84 bits per heavy atom. The number of hydrogen-bond donors (Lipinski definition) is 1. The molecule has 2 aromatic heterocycles. The lowest BCUT2D eigenvalue weighted by atomic mass is 10.1. The van der Waals surface area contributed by atoms with Crippen molar-refractivity contribution < 1.29 is 0 Å². The minimum Gasteiger partial charge on any atom is -0.282 e. The molecule has 1 N–H and O–H groups in total. The van der Waals surface area contributed by atoms with Crippen molar-refractivity contribution in [2.45, 2.75) is 6.42 Å². The molecular formula is C15H14ClN3. The third-order valence-electron chi connectivity index (χ3n) is 2.83. The number of rotatable bonds is 3. The van der Waals surface area contributed by atoms with Gasteiger partial charge in [-0.2, -0.15) is 5.10 Å². The second-order valence-electron chi connectivity index (χ2n) is 4.18. The summed E-state index contributed by atoms with van der Waals surface area (Å²) < 4.78 is 0. The van der Waals surface area contributed by atoms with Crippen molar-refractivity contribution >= 4 is 12.4 Å². The number of halogens is 1. The molecule has 0 aliphatic heterocycles. The molecule has 0 saturated carbocycles. The lowest BCUT2D eigenvalue weighted by Crippen LogP contribution is -1.87. The predicted octanol–water partition coefficient (Wildman–Crippen LogP) is 3.48. The molecule has 3 aromatic rings. The van der Waals surface area contributed by atoms with Crippen LogP contribution in [0.3, 0.4) is 0 Å². The molecule has 2 heterocycles. The smallest absolute Gasteiger partial charge is 0.0939 e. The third-order valence-corrected chi connectivity index (χ3v) is 2.83. The summed E-state index contributed by atoms with van der Waals surface area (Å²) >= 11 is 0. The van der Waals surface area contributed by atoms with E-state index in [1.165, 1.54) is 5.56 Å². The molecule has 3 nitrogen and oxygen atoms in total. The van der Waals surface area contributed by atoms with Crippen molar-refractivity contribution in [3.8, 4) is 11.3 Å². The van der Waals surface area contributed by atoms with Crippen LogP contribution in [-0.4, -0.2) is 15.2 Å². The predicted molar refractivity (Wildman–Crippen MR) is 78.3 cm³/mol. The second kappa shape index (κ2) is 6.16. The van der Waals surface area contributed by atoms with E-state index in [2.05, 4.69) is 33.4 Å². The Morgan fingerprint density at radius 3 is 2.58 bits per heavy atom. The maximum atomic E-state index is 4.32. The fourth-order valence-corrected chi connectivity index (χ4v) is 1.93. The van der Waals surface area contributed by atoms with Gasteiger partial charge in [0.1, 0.15) is 0 Å². The van der Waals surface area contributed by atoms with Gasteiger partial charge in [-0.15, -0.1) is 12.4 Å². The lowest BCUT2D eigenvalue weighted by Gasteiger charge is -1.96. The van der Waals surface area contributed by atoms with Crippen LogP contribution in [0.5, 0.6) is 0 Å². The van der Waals surface area contributed by atoms with E-state index in [0.29, 0.717) is 0 Å². The van der Waals surface area contributed by atoms with E-state index in [1.807, 2.05) is 36.5 Å². The molecule has 96 valence electrons. The van der Waals surface area contributed by atoms with Gasteiger partial charge >= 0.3 is 0 Å². The van der Waals surface area contributed by atoms with Crippen LogP contribution < -0.4 is 0 Å². The molecule has 0 spiro atoms. The highest BCUT2D eigenvalue weighted by molar-refractivity contribution is 5.85. The summed E-state index contributed by atoms with van der Waals surface area (Å²) in [5.74, 6) is 0. The summed E-state index contributed by atoms with van der Waals surface area (Å²) in [5, 5.41) is 7.39. The number of nitrogens with zero attached hydrogens (tertiary/aromatic N) is 2. The number of nitrogens with one attached hydrogen (secondary N) is 1. The molecule has 19 heavy (non-hydrogen) atoms. The van der Waals surface area contributed by atoms with Crippen LogP contribution in [0.2, 0.25) is 0 Å². The first-order chi connectivity index (χ1) is 8.92. The van der Waals surface area contributed by atoms with Crippen molar-refractivity contribution in [3.63, 3.8) is 0 Å². The average Bonchev–Trinajstić information content (AvgIpc) is 2.89. The quantitative estimate of drug-likeness (QED) is 0.792. The fourth-order valence-electron chi connectivity index (χ4n) is 1.93. The minimum absolute atomic E-state index is 0. The van der Waals surface area contributed by atoms with Crippen molar-refractivity contribution in [2.24, 2.45) is 0 Å². The molecular weight excluding hydrogens is 258 g/mol. The molecule has 1 aromatic carbocycles. The van der Waals surface area contributed by atoms with Crippen molar-refractivity contribution in [2.75, 3.05) is 0 Å². The normalized spacial score (nSPS) is 9.89. The van der Waals surface area contributed by atoms with E-state index in [4.69, 9.17) is 0 Å². The van der Waals surface area contributed by atoms with Gasteiger partial charge in [-0.3, -0.25) is 10.1 Å². The SMILES string of the molecule is Cl.c1ccc(Cc2cc(-c3cccnc3)n[nH]2)cc1. The van der Waals surface area contributed by atoms with Gasteiger partial charge in [0, 0.05) is 30.1 Å². The van der Waals surface area contributed by atoms with Gasteiger partial charge in [-0.1, -0.05) is 30.3 Å². The first-order valence-corrected chi connectivity index (χ1v) is 5.90. The molecule has 0 aliphatic carbocycles. The van der Waals surface area contributed by atoms with Crippen LogP contribution in [0.25, 0.3) is 11.3 Å². The first-order valence-electron chi connectivity index (χ1n) is 5.90. The maximum absolute atomic E-state index is 4.32. The molecule has 0 aliphatic rings. The summed E-state index contributed by atoms with van der Waals surface area (Å²) in [6.07, 6.45) is 4.46. The van der Waals surface area contributed by atoms with Gasteiger partial charge in [0.05, 0.1) is 5.69 Å². The van der Waals surface area contributed by atoms with Crippen molar-refractivity contribution in [1.29, 1.82) is 0 Å². The standard InChI is InChI=1S/C15H13N3.ClH/c1-2-5-12(6-3-1)9-14-10-15(18-17-14)13-7-4-8-16-11-13;/h1-8,10-11H,9H2,(H,17,18);1H. The van der Waals surface area contributed by atoms with Gasteiger partial charge in [0.2, 0.25) is 0 Å². The molecule has 0 radical (unpaired) electrons. The molecule has 4 heteroatoms. The van der Waals surface area contributed by atoms with Crippen molar-refractivity contribution in [1.82, 2.24) is 15.2 Å². The molecule has 0 amide bonds. The largest absolute Gasteiger partial charge is 0.282 e. The minimum atomic E-state index is 0. The highest BCUT2D eigenvalue weighted by Gasteiger charge is 2.04. The zero-order valence-corrected chi connectivity index (χ0v) is 11.1. The van der Waals surface area contributed by atoms with E-state index < -0.39 is 0 Å². The Hall–Kier alpha value is -2.13.